The topological polar surface area (TPSA) is 52.7 Å². The first kappa shape index (κ1) is 19.5. The molecule has 2 saturated heterocycles. The second-order valence-electron chi connectivity index (χ2n) is 8.00. The Morgan fingerprint density at radius 1 is 0.931 bits per heavy atom. The Morgan fingerprint density at radius 2 is 1.62 bits per heavy atom. The van der Waals surface area contributed by atoms with E-state index >= 15 is 0 Å². The highest BCUT2D eigenvalue weighted by atomic mass is 16.2. The summed E-state index contributed by atoms with van der Waals surface area (Å²) in [6.07, 6.45) is 4.88. The first-order chi connectivity index (χ1) is 14.2. The van der Waals surface area contributed by atoms with E-state index in [1.165, 1.54) is 30.5 Å². The summed E-state index contributed by atoms with van der Waals surface area (Å²) >= 11 is 0. The molecule has 1 unspecified atom stereocenters. The predicted molar refractivity (Wildman–Crippen MR) is 116 cm³/mol. The Morgan fingerprint density at radius 3 is 2.34 bits per heavy atom. The van der Waals surface area contributed by atoms with E-state index in [1.807, 2.05) is 30.3 Å². The molecule has 0 radical (unpaired) electrons. The number of carbonyl (C=O) groups is 2. The molecule has 2 aliphatic rings. The normalized spacial score (nSPS) is 19.4. The van der Waals surface area contributed by atoms with Gasteiger partial charge in [-0.25, -0.2) is 0 Å². The Bertz CT molecular complexity index is 829. The van der Waals surface area contributed by atoms with Crippen LogP contribution >= 0.6 is 0 Å². The van der Waals surface area contributed by atoms with Gasteiger partial charge in [-0.05, 0) is 55.5 Å². The zero-order valence-electron chi connectivity index (χ0n) is 16.8. The third kappa shape index (κ3) is 4.78. The SMILES string of the molecule is O=C(NCCc1ccccc1)C1CC(=O)N(c2ccc(N3CCCCC3)cc2)C1. The van der Waals surface area contributed by atoms with Gasteiger partial charge < -0.3 is 15.1 Å². The van der Waals surface area contributed by atoms with Crippen LogP contribution in [0.25, 0.3) is 0 Å². The van der Waals surface area contributed by atoms with Gasteiger partial charge in [0.25, 0.3) is 0 Å². The van der Waals surface area contributed by atoms with E-state index in [0.717, 1.165) is 25.2 Å². The molecule has 1 N–H and O–H groups in total. The maximum absolute atomic E-state index is 12.5. The molecule has 0 aliphatic carbocycles. The molecule has 2 aliphatic heterocycles. The lowest BCUT2D eigenvalue weighted by molar-refractivity contribution is -0.126. The van der Waals surface area contributed by atoms with Gasteiger partial charge in [0.15, 0.2) is 0 Å². The van der Waals surface area contributed by atoms with Crippen molar-refractivity contribution in [2.45, 2.75) is 32.1 Å². The lowest BCUT2D eigenvalue weighted by Gasteiger charge is -2.29. The van der Waals surface area contributed by atoms with Crippen molar-refractivity contribution in [3.8, 4) is 0 Å². The lowest BCUT2D eigenvalue weighted by atomic mass is 10.1. The van der Waals surface area contributed by atoms with Gasteiger partial charge in [-0.1, -0.05) is 30.3 Å². The van der Waals surface area contributed by atoms with Crippen molar-refractivity contribution in [2.24, 2.45) is 5.92 Å². The number of amides is 2. The number of carbonyl (C=O) groups excluding carboxylic acids is 2. The van der Waals surface area contributed by atoms with Gasteiger partial charge in [-0.15, -0.1) is 0 Å². The van der Waals surface area contributed by atoms with E-state index in [1.54, 1.807) is 4.90 Å². The first-order valence-corrected chi connectivity index (χ1v) is 10.7. The zero-order valence-corrected chi connectivity index (χ0v) is 16.8. The number of anilines is 2. The van der Waals surface area contributed by atoms with Crippen LogP contribution in [0, 0.1) is 5.92 Å². The highest BCUT2D eigenvalue weighted by Gasteiger charge is 2.35. The molecule has 0 bridgehead atoms. The minimum Gasteiger partial charge on any atom is -0.372 e. The summed E-state index contributed by atoms with van der Waals surface area (Å²) in [5.41, 5.74) is 3.30. The molecule has 2 amide bonds. The molecular weight excluding hydrogens is 362 g/mol. The second kappa shape index (κ2) is 9.12. The Labute approximate surface area is 172 Å². The molecule has 5 nitrogen and oxygen atoms in total. The standard InChI is InChI=1S/C24H29N3O2/c28-23-17-20(24(29)25-14-13-19-7-3-1-4-8-19)18-27(23)22-11-9-21(10-12-22)26-15-5-2-6-16-26/h1,3-4,7-12,20H,2,5-6,13-18H2,(H,25,29). The van der Waals surface area contributed by atoms with Crippen LogP contribution in [0.4, 0.5) is 11.4 Å². The first-order valence-electron chi connectivity index (χ1n) is 10.7. The molecule has 29 heavy (non-hydrogen) atoms. The van der Waals surface area contributed by atoms with E-state index in [4.69, 9.17) is 0 Å². The third-order valence-corrected chi connectivity index (χ3v) is 5.93. The molecule has 2 aromatic rings. The third-order valence-electron chi connectivity index (χ3n) is 5.93. The van der Waals surface area contributed by atoms with Crippen LogP contribution in [0.3, 0.4) is 0 Å². The maximum Gasteiger partial charge on any atom is 0.227 e. The van der Waals surface area contributed by atoms with Crippen molar-refractivity contribution < 1.29 is 9.59 Å². The molecule has 0 spiro atoms. The van der Waals surface area contributed by atoms with E-state index in [0.29, 0.717) is 13.1 Å². The number of rotatable bonds is 6. The minimum absolute atomic E-state index is 0.0262. The summed E-state index contributed by atoms with van der Waals surface area (Å²) in [4.78, 5) is 29.2. The fraction of sp³-hybridized carbons (Fsp3) is 0.417. The Balaban J connectivity index is 1.30. The van der Waals surface area contributed by atoms with E-state index in [-0.39, 0.29) is 24.2 Å². The fourth-order valence-electron chi connectivity index (χ4n) is 4.25. The van der Waals surface area contributed by atoms with Crippen LogP contribution in [0.15, 0.2) is 54.6 Å². The summed E-state index contributed by atoms with van der Waals surface area (Å²) in [5.74, 6) is -0.277. The van der Waals surface area contributed by atoms with Crippen LogP contribution < -0.4 is 15.1 Å². The molecule has 4 rings (SSSR count). The van der Waals surface area contributed by atoms with Gasteiger partial charge in [0.2, 0.25) is 11.8 Å². The van der Waals surface area contributed by atoms with Crippen molar-refractivity contribution in [3.63, 3.8) is 0 Å². The molecule has 2 fully saturated rings. The zero-order chi connectivity index (χ0) is 20.1. The van der Waals surface area contributed by atoms with Gasteiger partial charge in [0.1, 0.15) is 0 Å². The molecule has 2 aromatic carbocycles. The van der Waals surface area contributed by atoms with E-state index in [9.17, 15) is 9.59 Å². The Kier molecular flexibility index (Phi) is 6.13. The summed E-state index contributed by atoms with van der Waals surface area (Å²) in [5, 5.41) is 2.99. The Hall–Kier alpha value is -2.82. The quantitative estimate of drug-likeness (QED) is 0.821. The average molecular weight is 392 g/mol. The van der Waals surface area contributed by atoms with Gasteiger partial charge in [0, 0.05) is 44.0 Å². The number of hydrogen-bond donors (Lipinski definition) is 1. The number of hydrogen-bond acceptors (Lipinski definition) is 3. The smallest absolute Gasteiger partial charge is 0.227 e. The highest BCUT2D eigenvalue weighted by molar-refractivity contribution is 6.00. The minimum atomic E-state index is -0.278. The molecule has 2 heterocycles. The van der Waals surface area contributed by atoms with Crippen LogP contribution in [0.2, 0.25) is 0 Å². The van der Waals surface area contributed by atoms with Crippen LogP contribution in [0.1, 0.15) is 31.2 Å². The molecular formula is C24H29N3O2. The van der Waals surface area contributed by atoms with Crippen molar-refractivity contribution in [3.05, 3.63) is 60.2 Å². The molecule has 5 heteroatoms. The van der Waals surface area contributed by atoms with Crippen LogP contribution in [-0.4, -0.2) is 38.0 Å². The summed E-state index contributed by atoms with van der Waals surface area (Å²) in [6.45, 7) is 3.26. The fourth-order valence-corrected chi connectivity index (χ4v) is 4.25. The number of piperidine rings is 1. The van der Waals surface area contributed by atoms with Crippen molar-refractivity contribution in [1.29, 1.82) is 0 Å². The number of nitrogens with one attached hydrogen (secondary N) is 1. The monoisotopic (exact) mass is 391 g/mol. The summed E-state index contributed by atoms with van der Waals surface area (Å²) < 4.78 is 0. The average Bonchev–Trinajstić information content (AvgIpc) is 3.17. The summed E-state index contributed by atoms with van der Waals surface area (Å²) in [6, 6.07) is 18.3. The predicted octanol–water partition coefficient (Wildman–Crippen LogP) is 3.39. The van der Waals surface area contributed by atoms with Gasteiger partial charge in [-0.3, -0.25) is 9.59 Å². The van der Waals surface area contributed by atoms with Gasteiger partial charge in [-0.2, -0.15) is 0 Å². The molecule has 0 aromatic heterocycles. The molecule has 0 saturated carbocycles. The van der Waals surface area contributed by atoms with E-state index in [2.05, 4.69) is 34.5 Å². The number of benzene rings is 2. The maximum atomic E-state index is 12.5. The van der Waals surface area contributed by atoms with Gasteiger partial charge in [0.05, 0.1) is 5.92 Å². The summed E-state index contributed by atoms with van der Waals surface area (Å²) in [7, 11) is 0. The lowest BCUT2D eigenvalue weighted by Crippen LogP contribution is -2.34. The van der Waals surface area contributed by atoms with Crippen LogP contribution in [-0.2, 0) is 16.0 Å². The van der Waals surface area contributed by atoms with Crippen molar-refractivity contribution >= 4 is 23.2 Å². The van der Waals surface area contributed by atoms with Crippen molar-refractivity contribution in [2.75, 3.05) is 36.0 Å². The van der Waals surface area contributed by atoms with Gasteiger partial charge >= 0.3 is 0 Å². The van der Waals surface area contributed by atoms with Crippen molar-refractivity contribution in [1.82, 2.24) is 5.32 Å². The molecule has 1 atom stereocenters. The number of nitrogens with zero attached hydrogens (tertiary/aromatic N) is 2. The van der Waals surface area contributed by atoms with E-state index < -0.39 is 0 Å². The largest absolute Gasteiger partial charge is 0.372 e. The highest BCUT2D eigenvalue weighted by Crippen LogP contribution is 2.28. The molecule has 152 valence electrons. The second-order valence-corrected chi connectivity index (χ2v) is 8.00. The van der Waals surface area contributed by atoms with Crippen LogP contribution in [0.5, 0.6) is 0 Å².